The lowest BCUT2D eigenvalue weighted by molar-refractivity contribution is -0.120. The van der Waals surface area contributed by atoms with E-state index in [1.54, 1.807) is 24.3 Å². The maximum atomic E-state index is 12.4. The Kier molecular flexibility index (Phi) is 6.16. The van der Waals surface area contributed by atoms with Crippen LogP contribution in [0.15, 0.2) is 59.7 Å². The van der Waals surface area contributed by atoms with Gasteiger partial charge in [-0.1, -0.05) is 43.3 Å². The Labute approximate surface area is 163 Å². The predicted octanol–water partition coefficient (Wildman–Crippen LogP) is 2.49. The van der Waals surface area contributed by atoms with Gasteiger partial charge in [-0.2, -0.15) is 5.10 Å². The van der Waals surface area contributed by atoms with E-state index in [-0.39, 0.29) is 36.9 Å². The molecular weight excluding hydrogens is 356 g/mol. The number of nitrogens with one attached hydrogen (secondary N) is 2. The molecule has 0 radical (unpaired) electrons. The van der Waals surface area contributed by atoms with Crippen LogP contribution in [0.5, 0.6) is 0 Å². The van der Waals surface area contributed by atoms with Gasteiger partial charge in [0, 0.05) is 18.5 Å². The van der Waals surface area contributed by atoms with Gasteiger partial charge < -0.3 is 10.6 Å². The number of rotatable bonds is 6. The lowest BCUT2D eigenvalue weighted by Gasteiger charge is -2.23. The molecule has 0 saturated carbocycles. The normalized spacial score (nSPS) is 13.7. The summed E-state index contributed by atoms with van der Waals surface area (Å²) in [5, 5.41) is 10.8. The molecule has 0 aromatic heterocycles. The van der Waals surface area contributed by atoms with Gasteiger partial charge in [0.05, 0.1) is 12.2 Å². The molecule has 7 heteroatoms. The fourth-order valence-electron chi connectivity index (χ4n) is 2.90. The van der Waals surface area contributed by atoms with Crippen molar-refractivity contribution >= 4 is 34.8 Å². The van der Waals surface area contributed by atoms with Gasteiger partial charge in [0.25, 0.3) is 5.91 Å². The van der Waals surface area contributed by atoms with Crippen LogP contribution in [-0.4, -0.2) is 30.0 Å². The zero-order chi connectivity index (χ0) is 19.9. The minimum absolute atomic E-state index is 0.170. The molecule has 0 atom stereocenters. The molecule has 144 valence electrons. The number of aryl methyl sites for hydroxylation is 1. The summed E-state index contributed by atoms with van der Waals surface area (Å²) in [4.78, 5) is 36.7. The third-order valence-electron chi connectivity index (χ3n) is 4.38. The number of benzene rings is 2. The second-order valence-corrected chi connectivity index (χ2v) is 6.33. The molecule has 28 heavy (non-hydrogen) atoms. The molecule has 0 saturated heterocycles. The van der Waals surface area contributed by atoms with Crippen molar-refractivity contribution in [1.29, 1.82) is 0 Å². The molecule has 0 aliphatic carbocycles. The van der Waals surface area contributed by atoms with Crippen LogP contribution in [-0.2, 0) is 20.8 Å². The van der Waals surface area contributed by atoms with Crippen LogP contribution in [0.3, 0.4) is 0 Å². The Balaban J connectivity index is 1.61. The smallest absolute Gasteiger partial charge is 0.267 e. The summed E-state index contributed by atoms with van der Waals surface area (Å²) < 4.78 is 0. The molecule has 1 aliphatic rings. The second-order valence-electron chi connectivity index (χ2n) is 6.33. The highest BCUT2D eigenvalue weighted by molar-refractivity contribution is 6.40. The maximum Gasteiger partial charge on any atom is 0.267 e. The predicted molar refractivity (Wildman–Crippen MR) is 108 cm³/mol. The van der Waals surface area contributed by atoms with Gasteiger partial charge in [-0.3, -0.25) is 14.4 Å². The number of hydrazone groups is 1. The Morgan fingerprint density at radius 1 is 1.04 bits per heavy atom. The third-order valence-corrected chi connectivity index (χ3v) is 4.38. The summed E-state index contributed by atoms with van der Waals surface area (Å²) in [5.74, 6) is -0.939. The molecule has 1 heterocycles. The Morgan fingerprint density at radius 2 is 1.75 bits per heavy atom. The van der Waals surface area contributed by atoms with Crippen LogP contribution in [0, 0.1) is 0 Å². The minimum Gasteiger partial charge on any atom is -0.342 e. The van der Waals surface area contributed by atoms with Crippen molar-refractivity contribution in [2.24, 2.45) is 5.10 Å². The molecule has 2 aromatic carbocycles. The van der Waals surface area contributed by atoms with Crippen LogP contribution >= 0.6 is 0 Å². The van der Waals surface area contributed by atoms with Crippen LogP contribution < -0.4 is 15.6 Å². The van der Waals surface area contributed by atoms with E-state index in [2.05, 4.69) is 15.7 Å². The van der Waals surface area contributed by atoms with Crippen LogP contribution in [0.4, 0.5) is 11.4 Å². The molecular formula is C21H22N4O3. The summed E-state index contributed by atoms with van der Waals surface area (Å²) in [5.41, 5.74) is 2.59. The van der Waals surface area contributed by atoms with Crippen molar-refractivity contribution in [3.8, 4) is 0 Å². The van der Waals surface area contributed by atoms with Crippen molar-refractivity contribution < 1.29 is 14.4 Å². The highest BCUT2D eigenvalue weighted by Crippen LogP contribution is 2.19. The summed E-state index contributed by atoms with van der Waals surface area (Å²) in [6, 6.07) is 16.5. The van der Waals surface area contributed by atoms with E-state index in [0.29, 0.717) is 5.69 Å². The van der Waals surface area contributed by atoms with E-state index in [4.69, 9.17) is 0 Å². The first-order valence-corrected chi connectivity index (χ1v) is 9.20. The van der Waals surface area contributed by atoms with Gasteiger partial charge in [-0.15, -0.1) is 0 Å². The average molecular weight is 378 g/mol. The largest absolute Gasteiger partial charge is 0.342 e. The number of nitrogens with zero attached hydrogens (tertiary/aromatic N) is 2. The van der Waals surface area contributed by atoms with Crippen molar-refractivity contribution in [1.82, 2.24) is 5.32 Å². The van der Waals surface area contributed by atoms with Crippen LogP contribution in [0.25, 0.3) is 0 Å². The fourth-order valence-corrected chi connectivity index (χ4v) is 2.90. The third kappa shape index (κ3) is 4.62. The molecule has 7 nitrogen and oxygen atoms in total. The Hall–Kier alpha value is -3.48. The molecule has 0 bridgehead atoms. The standard InChI is InChI=1S/C21H22N4O3/c1-2-15-8-6-7-11-17(15)23-19(26)14-22-21(28)18-12-13-20(27)25(24-18)16-9-4-3-5-10-16/h3-11H,2,12-14H2,1H3,(H,22,28)(H,23,26). The zero-order valence-corrected chi connectivity index (χ0v) is 15.6. The summed E-state index contributed by atoms with van der Waals surface area (Å²) in [7, 11) is 0. The molecule has 0 spiro atoms. The SMILES string of the molecule is CCc1ccccc1NC(=O)CNC(=O)C1=NN(c2ccccc2)C(=O)CC1. The average Bonchev–Trinajstić information content (AvgIpc) is 2.73. The molecule has 3 rings (SSSR count). The van der Waals surface area contributed by atoms with Gasteiger partial charge in [0.2, 0.25) is 11.8 Å². The zero-order valence-electron chi connectivity index (χ0n) is 15.6. The van der Waals surface area contributed by atoms with E-state index >= 15 is 0 Å². The fraction of sp³-hybridized carbons (Fsp3) is 0.238. The monoisotopic (exact) mass is 378 g/mol. The van der Waals surface area contributed by atoms with Crippen molar-refractivity contribution in [3.05, 3.63) is 60.2 Å². The first kappa shape index (κ1) is 19.3. The highest BCUT2D eigenvalue weighted by atomic mass is 16.2. The van der Waals surface area contributed by atoms with Gasteiger partial charge >= 0.3 is 0 Å². The lowest BCUT2D eigenvalue weighted by Crippen LogP contribution is -2.41. The van der Waals surface area contributed by atoms with E-state index in [0.717, 1.165) is 17.7 Å². The number of carbonyl (C=O) groups is 3. The van der Waals surface area contributed by atoms with Gasteiger partial charge in [0.1, 0.15) is 5.71 Å². The number of amides is 3. The molecule has 0 fully saturated rings. The van der Waals surface area contributed by atoms with Crippen LogP contribution in [0.2, 0.25) is 0 Å². The van der Waals surface area contributed by atoms with Gasteiger partial charge in [0.15, 0.2) is 0 Å². The van der Waals surface area contributed by atoms with E-state index in [9.17, 15) is 14.4 Å². The van der Waals surface area contributed by atoms with E-state index in [1.165, 1.54) is 5.01 Å². The van der Waals surface area contributed by atoms with Crippen molar-refractivity contribution in [2.45, 2.75) is 26.2 Å². The van der Waals surface area contributed by atoms with Crippen molar-refractivity contribution in [2.75, 3.05) is 16.9 Å². The molecule has 0 unspecified atom stereocenters. The number of para-hydroxylation sites is 2. The molecule has 3 amide bonds. The summed E-state index contributed by atoms with van der Waals surface area (Å²) in [6.07, 6.45) is 1.23. The van der Waals surface area contributed by atoms with E-state index < -0.39 is 5.91 Å². The summed E-state index contributed by atoms with van der Waals surface area (Å²) in [6.45, 7) is 1.84. The molecule has 2 N–H and O–H groups in total. The second kappa shape index (κ2) is 8.94. The Morgan fingerprint density at radius 3 is 2.50 bits per heavy atom. The topological polar surface area (TPSA) is 90.9 Å². The first-order valence-electron chi connectivity index (χ1n) is 9.20. The summed E-state index contributed by atoms with van der Waals surface area (Å²) >= 11 is 0. The van der Waals surface area contributed by atoms with Gasteiger partial charge in [-0.05, 0) is 30.2 Å². The van der Waals surface area contributed by atoms with Gasteiger partial charge in [-0.25, -0.2) is 5.01 Å². The van der Waals surface area contributed by atoms with E-state index in [1.807, 2.05) is 37.3 Å². The van der Waals surface area contributed by atoms with Crippen LogP contribution in [0.1, 0.15) is 25.3 Å². The maximum absolute atomic E-state index is 12.4. The minimum atomic E-state index is -0.452. The quantitative estimate of drug-likeness (QED) is 0.809. The first-order chi connectivity index (χ1) is 13.6. The number of hydrogen-bond donors (Lipinski definition) is 2. The molecule has 2 aromatic rings. The number of anilines is 2. The number of hydrogen-bond acceptors (Lipinski definition) is 4. The Bertz CT molecular complexity index is 909. The lowest BCUT2D eigenvalue weighted by atomic mass is 10.1. The number of carbonyl (C=O) groups excluding carboxylic acids is 3. The molecule has 1 aliphatic heterocycles. The highest BCUT2D eigenvalue weighted by Gasteiger charge is 2.25. The van der Waals surface area contributed by atoms with Crippen molar-refractivity contribution in [3.63, 3.8) is 0 Å².